The fraction of sp³-hybridized carbons (Fsp3) is 0.750. The van der Waals surface area contributed by atoms with Crippen LogP contribution < -0.4 is 5.32 Å². The van der Waals surface area contributed by atoms with E-state index in [1.54, 1.807) is 11.0 Å². The molecule has 0 aromatic carbocycles. The molecule has 2 heterocycles. The van der Waals surface area contributed by atoms with Crippen LogP contribution in [0.2, 0.25) is 0 Å². The fourth-order valence-electron chi connectivity index (χ4n) is 2.49. The Hall–Kier alpha value is -0.880. The number of nitrogens with one attached hydrogen (secondary N) is 1. The second kappa shape index (κ2) is 5.40. The number of likely N-dealkylation sites (tertiary alicyclic amines) is 1. The zero-order chi connectivity index (χ0) is 13.2. The number of piperidine rings is 1. The van der Waals surface area contributed by atoms with Crippen LogP contribution in [0.25, 0.3) is 0 Å². The molecular weight excluding hydrogens is 252 g/mol. The van der Waals surface area contributed by atoms with E-state index in [0.29, 0.717) is 6.54 Å². The molecular formula is C12H20N2O3S. The third-order valence-corrected chi connectivity index (χ3v) is 4.80. The van der Waals surface area contributed by atoms with Gasteiger partial charge in [0, 0.05) is 12.0 Å². The van der Waals surface area contributed by atoms with E-state index in [0.717, 1.165) is 25.8 Å². The van der Waals surface area contributed by atoms with Crippen LogP contribution in [0.1, 0.15) is 26.2 Å². The molecule has 1 amide bonds. The average molecular weight is 272 g/mol. The summed E-state index contributed by atoms with van der Waals surface area (Å²) in [6, 6.07) is -0.413. The molecule has 1 N–H and O–H groups in total. The van der Waals surface area contributed by atoms with E-state index in [1.165, 1.54) is 5.41 Å². The van der Waals surface area contributed by atoms with Crippen molar-refractivity contribution in [2.24, 2.45) is 0 Å². The highest BCUT2D eigenvalue weighted by atomic mass is 32.2. The predicted molar refractivity (Wildman–Crippen MR) is 69.7 cm³/mol. The van der Waals surface area contributed by atoms with Gasteiger partial charge >= 0.3 is 0 Å². The molecule has 0 spiro atoms. The minimum atomic E-state index is -3.10. The Morgan fingerprint density at radius 1 is 1.50 bits per heavy atom. The molecule has 5 nitrogen and oxygen atoms in total. The first kappa shape index (κ1) is 13.5. The van der Waals surface area contributed by atoms with Gasteiger partial charge in [-0.2, -0.15) is 0 Å². The molecule has 1 saturated heterocycles. The topological polar surface area (TPSA) is 66.5 Å². The molecule has 18 heavy (non-hydrogen) atoms. The summed E-state index contributed by atoms with van der Waals surface area (Å²) >= 11 is 0. The molecule has 2 aliphatic heterocycles. The van der Waals surface area contributed by atoms with E-state index >= 15 is 0 Å². The van der Waals surface area contributed by atoms with Crippen molar-refractivity contribution in [1.82, 2.24) is 10.2 Å². The van der Waals surface area contributed by atoms with Crippen molar-refractivity contribution in [3.8, 4) is 0 Å². The highest BCUT2D eigenvalue weighted by Gasteiger charge is 2.35. The van der Waals surface area contributed by atoms with Gasteiger partial charge in [0.1, 0.15) is 0 Å². The summed E-state index contributed by atoms with van der Waals surface area (Å²) in [6.07, 6.45) is 4.40. The van der Waals surface area contributed by atoms with Gasteiger partial charge in [-0.3, -0.25) is 4.79 Å². The summed E-state index contributed by atoms with van der Waals surface area (Å²) in [4.78, 5) is 14.0. The lowest BCUT2D eigenvalue weighted by Gasteiger charge is -2.35. The van der Waals surface area contributed by atoms with Crippen molar-refractivity contribution in [3.63, 3.8) is 0 Å². The first-order valence-electron chi connectivity index (χ1n) is 6.48. The summed E-state index contributed by atoms with van der Waals surface area (Å²) in [5.74, 6) is 0.0839. The van der Waals surface area contributed by atoms with E-state index in [4.69, 9.17) is 0 Å². The minimum absolute atomic E-state index is 0.0409. The van der Waals surface area contributed by atoms with Gasteiger partial charge < -0.3 is 10.2 Å². The Bertz CT molecular complexity index is 444. The van der Waals surface area contributed by atoms with Gasteiger partial charge in [0.2, 0.25) is 5.91 Å². The molecule has 0 radical (unpaired) electrons. The number of rotatable bonds is 4. The van der Waals surface area contributed by atoms with Gasteiger partial charge in [-0.1, -0.05) is 6.92 Å². The molecule has 2 atom stereocenters. The molecule has 102 valence electrons. The maximum atomic E-state index is 12.3. The van der Waals surface area contributed by atoms with E-state index in [1.807, 2.05) is 0 Å². The van der Waals surface area contributed by atoms with E-state index < -0.39 is 9.84 Å². The molecule has 0 aliphatic carbocycles. The standard InChI is InChI=1S/C12H20N2O3S/c1-2-6-13-11-4-3-7-14(12(11)15)10-5-8-18(16,17)9-10/h5,8,10-11,13H,2-4,6-7,9H2,1H3. The van der Waals surface area contributed by atoms with Gasteiger partial charge in [0.25, 0.3) is 0 Å². The number of carbonyl (C=O) groups excluding carboxylic acids is 1. The maximum Gasteiger partial charge on any atom is 0.240 e. The zero-order valence-corrected chi connectivity index (χ0v) is 11.4. The highest BCUT2D eigenvalue weighted by Crippen LogP contribution is 2.20. The summed E-state index contributed by atoms with van der Waals surface area (Å²) in [5.41, 5.74) is 0. The third kappa shape index (κ3) is 2.92. The molecule has 2 unspecified atom stereocenters. The predicted octanol–water partition coefficient (Wildman–Crippen LogP) is 0.288. The summed E-state index contributed by atoms with van der Waals surface area (Å²) < 4.78 is 22.8. The molecule has 1 fully saturated rings. The number of amides is 1. The lowest BCUT2D eigenvalue weighted by atomic mass is 10.0. The summed E-state index contributed by atoms with van der Waals surface area (Å²) in [7, 11) is -3.10. The van der Waals surface area contributed by atoms with Crippen molar-refractivity contribution in [2.45, 2.75) is 38.3 Å². The van der Waals surface area contributed by atoms with Crippen molar-refractivity contribution in [1.29, 1.82) is 0 Å². The van der Waals surface area contributed by atoms with Gasteiger partial charge in [0.05, 0.1) is 17.8 Å². The van der Waals surface area contributed by atoms with Crippen LogP contribution in [0.5, 0.6) is 0 Å². The van der Waals surface area contributed by atoms with Gasteiger partial charge in [-0.05, 0) is 31.9 Å². The smallest absolute Gasteiger partial charge is 0.240 e. The Morgan fingerprint density at radius 2 is 2.28 bits per heavy atom. The van der Waals surface area contributed by atoms with Gasteiger partial charge in [-0.25, -0.2) is 8.42 Å². The molecule has 0 aromatic heterocycles. The Balaban J connectivity index is 2.01. The lowest BCUT2D eigenvalue weighted by Crippen LogP contribution is -2.54. The van der Waals surface area contributed by atoms with Crippen LogP contribution in [0.15, 0.2) is 11.5 Å². The second-order valence-electron chi connectivity index (χ2n) is 4.91. The number of hydrogen-bond acceptors (Lipinski definition) is 4. The van der Waals surface area contributed by atoms with Crippen molar-refractivity contribution in [3.05, 3.63) is 11.5 Å². The van der Waals surface area contributed by atoms with E-state index in [2.05, 4.69) is 12.2 Å². The first-order chi connectivity index (χ1) is 8.53. The summed E-state index contributed by atoms with van der Waals surface area (Å²) in [6.45, 7) is 3.54. The third-order valence-electron chi connectivity index (χ3n) is 3.43. The van der Waals surface area contributed by atoms with Crippen LogP contribution in [-0.4, -0.2) is 50.2 Å². The highest BCUT2D eigenvalue weighted by molar-refractivity contribution is 7.94. The van der Waals surface area contributed by atoms with Gasteiger partial charge in [-0.15, -0.1) is 0 Å². The molecule has 0 aromatic rings. The van der Waals surface area contributed by atoms with Gasteiger partial charge in [0.15, 0.2) is 9.84 Å². The average Bonchev–Trinajstić information content (AvgIpc) is 2.68. The van der Waals surface area contributed by atoms with Crippen LogP contribution in [0, 0.1) is 0 Å². The monoisotopic (exact) mass is 272 g/mol. The van der Waals surface area contributed by atoms with Crippen LogP contribution in [0.4, 0.5) is 0 Å². The number of hydrogen-bond donors (Lipinski definition) is 1. The molecule has 2 rings (SSSR count). The Labute approximate surface area is 108 Å². The van der Waals surface area contributed by atoms with Crippen molar-refractivity contribution in [2.75, 3.05) is 18.8 Å². The first-order valence-corrected chi connectivity index (χ1v) is 8.20. The van der Waals surface area contributed by atoms with Crippen molar-refractivity contribution >= 4 is 15.7 Å². The SMILES string of the molecule is CCCNC1CCCN(C2C=CS(=O)(=O)C2)C1=O. The fourth-order valence-corrected chi connectivity index (χ4v) is 3.79. The van der Waals surface area contributed by atoms with Crippen molar-refractivity contribution < 1.29 is 13.2 Å². The normalized spacial score (nSPS) is 30.9. The number of carbonyl (C=O) groups is 1. The maximum absolute atomic E-state index is 12.3. The number of sulfone groups is 1. The molecule has 6 heteroatoms. The molecule has 0 bridgehead atoms. The van der Waals surface area contributed by atoms with Crippen LogP contribution in [0.3, 0.4) is 0 Å². The Morgan fingerprint density at radius 3 is 2.89 bits per heavy atom. The van der Waals surface area contributed by atoms with Crippen LogP contribution in [-0.2, 0) is 14.6 Å². The quantitative estimate of drug-likeness (QED) is 0.798. The lowest BCUT2D eigenvalue weighted by molar-refractivity contribution is -0.137. The molecule has 2 aliphatic rings. The Kier molecular flexibility index (Phi) is 4.07. The zero-order valence-electron chi connectivity index (χ0n) is 10.6. The minimum Gasteiger partial charge on any atom is -0.334 e. The largest absolute Gasteiger partial charge is 0.334 e. The van der Waals surface area contributed by atoms with Crippen LogP contribution >= 0.6 is 0 Å². The summed E-state index contributed by atoms with van der Waals surface area (Å²) in [5, 5.41) is 4.46. The van der Waals surface area contributed by atoms with E-state index in [9.17, 15) is 13.2 Å². The second-order valence-corrected chi connectivity index (χ2v) is 6.84. The van der Waals surface area contributed by atoms with E-state index in [-0.39, 0.29) is 23.7 Å². The number of nitrogens with zero attached hydrogens (tertiary/aromatic N) is 1. The molecule has 0 saturated carbocycles.